The van der Waals surface area contributed by atoms with Gasteiger partial charge in [-0.2, -0.15) is 0 Å². The molecular weight excluding hydrogens is 276 g/mol. The lowest BCUT2D eigenvalue weighted by Crippen LogP contribution is -2.47. The molecule has 0 aromatic heterocycles. The maximum absolute atomic E-state index is 12.3. The molecule has 1 aromatic carbocycles. The molecule has 1 aromatic rings. The summed E-state index contributed by atoms with van der Waals surface area (Å²) in [4.78, 5) is 14.3. The molecule has 0 spiro atoms. The topological polar surface area (TPSA) is 41.6 Å². The van der Waals surface area contributed by atoms with Crippen molar-refractivity contribution in [3.05, 3.63) is 29.8 Å². The first-order chi connectivity index (χ1) is 9.29. The minimum absolute atomic E-state index is 0. The monoisotopic (exact) mass is 296 g/mol. The van der Waals surface area contributed by atoms with Crippen molar-refractivity contribution in [1.82, 2.24) is 10.2 Å². The molecule has 2 unspecified atom stereocenters. The van der Waals surface area contributed by atoms with Crippen molar-refractivity contribution in [2.24, 2.45) is 5.92 Å². The summed E-state index contributed by atoms with van der Waals surface area (Å²) in [6.07, 6.45) is 0.995. The molecule has 1 saturated carbocycles. The van der Waals surface area contributed by atoms with Crippen molar-refractivity contribution < 1.29 is 9.53 Å². The Morgan fingerprint density at radius 2 is 1.90 bits per heavy atom. The van der Waals surface area contributed by atoms with Crippen LogP contribution >= 0.6 is 12.4 Å². The number of carbonyl (C=O) groups excluding carboxylic acids is 1. The Bertz CT molecular complexity index is 457. The zero-order valence-corrected chi connectivity index (χ0v) is 12.5. The van der Waals surface area contributed by atoms with Crippen LogP contribution in [-0.2, 0) is 4.79 Å². The van der Waals surface area contributed by atoms with Crippen molar-refractivity contribution in [3.63, 3.8) is 0 Å². The Hall–Kier alpha value is -1.26. The maximum atomic E-state index is 12.3. The van der Waals surface area contributed by atoms with Crippen molar-refractivity contribution in [1.29, 1.82) is 0 Å². The molecule has 1 saturated heterocycles. The van der Waals surface area contributed by atoms with Gasteiger partial charge in [-0.1, -0.05) is 12.1 Å². The minimum atomic E-state index is 0. The summed E-state index contributed by atoms with van der Waals surface area (Å²) in [5.41, 5.74) is 1.26. The quantitative estimate of drug-likeness (QED) is 0.922. The largest absolute Gasteiger partial charge is 0.497 e. The number of hydrogen-bond donors (Lipinski definition) is 1. The molecule has 2 atom stereocenters. The van der Waals surface area contributed by atoms with E-state index in [9.17, 15) is 4.79 Å². The third-order valence-corrected chi connectivity index (χ3v) is 4.08. The number of hydrogen-bond acceptors (Lipinski definition) is 3. The lowest BCUT2D eigenvalue weighted by atomic mass is 10.1. The number of rotatable bonds is 3. The van der Waals surface area contributed by atoms with Crippen molar-refractivity contribution in [3.8, 4) is 5.75 Å². The van der Waals surface area contributed by atoms with Gasteiger partial charge in [0.25, 0.3) is 0 Å². The molecule has 0 radical (unpaired) electrons. The average molecular weight is 297 g/mol. The molecule has 1 N–H and O–H groups in total. The summed E-state index contributed by atoms with van der Waals surface area (Å²) in [7, 11) is 1.67. The number of nitrogens with one attached hydrogen (secondary N) is 1. The Morgan fingerprint density at radius 1 is 1.25 bits per heavy atom. The molecule has 1 amide bonds. The number of methoxy groups -OCH3 is 1. The predicted molar refractivity (Wildman–Crippen MR) is 80.5 cm³/mol. The summed E-state index contributed by atoms with van der Waals surface area (Å²) in [5, 5.41) is 3.28. The van der Waals surface area contributed by atoms with Crippen LogP contribution in [0.25, 0.3) is 0 Å². The summed E-state index contributed by atoms with van der Waals surface area (Å²) < 4.78 is 5.16. The van der Waals surface area contributed by atoms with Gasteiger partial charge in [0.15, 0.2) is 0 Å². The van der Waals surface area contributed by atoms with Gasteiger partial charge in [-0.15, -0.1) is 12.4 Å². The van der Waals surface area contributed by atoms with Gasteiger partial charge < -0.3 is 15.0 Å². The molecule has 1 aliphatic carbocycles. The first-order valence-corrected chi connectivity index (χ1v) is 6.93. The smallest absolute Gasteiger partial charge is 0.226 e. The van der Waals surface area contributed by atoms with E-state index < -0.39 is 0 Å². The normalized spacial score (nSPS) is 24.8. The third-order valence-electron chi connectivity index (χ3n) is 4.08. The van der Waals surface area contributed by atoms with Crippen molar-refractivity contribution >= 4 is 18.3 Å². The Kier molecular flexibility index (Phi) is 4.89. The molecule has 110 valence electrons. The van der Waals surface area contributed by atoms with Crippen LogP contribution in [0.4, 0.5) is 0 Å². The van der Waals surface area contributed by atoms with Gasteiger partial charge in [-0.05, 0) is 30.0 Å². The lowest BCUT2D eigenvalue weighted by molar-refractivity contribution is -0.133. The van der Waals surface area contributed by atoms with Gasteiger partial charge in [-0.25, -0.2) is 0 Å². The van der Waals surface area contributed by atoms with Crippen LogP contribution in [-0.4, -0.2) is 44.1 Å². The van der Waals surface area contributed by atoms with E-state index in [2.05, 4.69) is 17.4 Å². The van der Waals surface area contributed by atoms with Crippen molar-refractivity contribution in [2.75, 3.05) is 33.3 Å². The average Bonchev–Trinajstić information content (AvgIpc) is 3.28. The SMILES string of the molecule is COc1ccc(C2CC2C(=O)N2CCNCC2)cc1.Cl. The number of ether oxygens (including phenoxy) is 1. The van der Waals surface area contributed by atoms with Crippen LogP contribution in [0.3, 0.4) is 0 Å². The van der Waals surface area contributed by atoms with Crippen LogP contribution in [0, 0.1) is 5.92 Å². The predicted octanol–water partition coefficient (Wildman–Crippen LogP) is 1.65. The van der Waals surface area contributed by atoms with E-state index >= 15 is 0 Å². The number of piperazine rings is 1. The number of nitrogens with zero attached hydrogens (tertiary/aromatic N) is 1. The van der Waals surface area contributed by atoms with Crippen molar-refractivity contribution in [2.45, 2.75) is 12.3 Å². The van der Waals surface area contributed by atoms with Crippen LogP contribution in [0.1, 0.15) is 17.9 Å². The fourth-order valence-corrected chi connectivity index (χ4v) is 2.81. The molecule has 2 aliphatic rings. The Morgan fingerprint density at radius 3 is 2.50 bits per heavy atom. The molecule has 20 heavy (non-hydrogen) atoms. The molecule has 5 heteroatoms. The van der Waals surface area contributed by atoms with Gasteiger partial charge in [0.05, 0.1) is 7.11 Å². The van der Waals surface area contributed by atoms with E-state index in [1.807, 2.05) is 17.0 Å². The van der Waals surface area contributed by atoms with Gasteiger partial charge in [-0.3, -0.25) is 4.79 Å². The van der Waals surface area contributed by atoms with E-state index in [1.54, 1.807) is 7.11 Å². The summed E-state index contributed by atoms with van der Waals surface area (Å²) >= 11 is 0. The summed E-state index contributed by atoms with van der Waals surface area (Å²) in [6, 6.07) is 8.10. The van der Waals surface area contributed by atoms with Gasteiger partial charge in [0, 0.05) is 32.1 Å². The number of carbonyl (C=O) groups is 1. The number of halogens is 1. The highest BCUT2D eigenvalue weighted by Gasteiger charge is 2.45. The third kappa shape index (κ3) is 3.07. The fourth-order valence-electron chi connectivity index (χ4n) is 2.81. The molecule has 3 rings (SSSR count). The van der Waals surface area contributed by atoms with E-state index in [0.717, 1.165) is 38.3 Å². The molecule has 0 bridgehead atoms. The maximum Gasteiger partial charge on any atom is 0.226 e. The van der Waals surface area contributed by atoms with E-state index in [4.69, 9.17) is 4.74 Å². The Labute approximate surface area is 125 Å². The Balaban J connectivity index is 0.00000147. The zero-order valence-electron chi connectivity index (χ0n) is 11.7. The van der Waals surface area contributed by atoms with Gasteiger partial charge >= 0.3 is 0 Å². The first kappa shape index (κ1) is 15.1. The summed E-state index contributed by atoms with van der Waals surface area (Å²) in [6.45, 7) is 3.55. The highest BCUT2D eigenvalue weighted by molar-refractivity contribution is 5.85. The highest BCUT2D eigenvalue weighted by atomic mass is 35.5. The van der Waals surface area contributed by atoms with Gasteiger partial charge in [0.1, 0.15) is 5.75 Å². The standard InChI is InChI=1S/C15H20N2O2.ClH/c1-19-12-4-2-11(3-5-12)13-10-14(13)15(18)17-8-6-16-7-9-17;/h2-5,13-14,16H,6-10H2,1H3;1H. The molecule has 4 nitrogen and oxygen atoms in total. The highest BCUT2D eigenvalue weighted by Crippen LogP contribution is 2.48. The fraction of sp³-hybridized carbons (Fsp3) is 0.533. The van der Waals surface area contributed by atoms with Crippen LogP contribution < -0.4 is 10.1 Å². The zero-order chi connectivity index (χ0) is 13.2. The van der Waals surface area contributed by atoms with Gasteiger partial charge in [0.2, 0.25) is 5.91 Å². The van der Waals surface area contributed by atoms with E-state index in [0.29, 0.717) is 11.8 Å². The number of benzene rings is 1. The second-order valence-corrected chi connectivity index (χ2v) is 5.30. The summed E-state index contributed by atoms with van der Waals surface area (Å²) in [5.74, 6) is 1.82. The van der Waals surface area contributed by atoms with Crippen LogP contribution in [0.5, 0.6) is 5.75 Å². The molecule has 2 fully saturated rings. The van der Waals surface area contributed by atoms with Crippen LogP contribution in [0.2, 0.25) is 0 Å². The molecule has 1 heterocycles. The van der Waals surface area contributed by atoms with E-state index in [1.165, 1.54) is 5.56 Å². The first-order valence-electron chi connectivity index (χ1n) is 6.93. The second-order valence-electron chi connectivity index (χ2n) is 5.30. The van der Waals surface area contributed by atoms with E-state index in [-0.39, 0.29) is 18.3 Å². The molecular formula is C15H21ClN2O2. The molecule has 1 aliphatic heterocycles. The van der Waals surface area contributed by atoms with Crippen LogP contribution in [0.15, 0.2) is 24.3 Å². The minimum Gasteiger partial charge on any atom is -0.497 e. The number of amides is 1. The lowest BCUT2D eigenvalue weighted by Gasteiger charge is -2.27. The second kappa shape index (κ2) is 6.46.